The summed E-state index contributed by atoms with van der Waals surface area (Å²) in [4.78, 5) is 4.86. The number of hydrogen-bond donors (Lipinski definition) is 0. The van der Waals surface area contributed by atoms with Crippen molar-refractivity contribution < 1.29 is 30.4 Å². The molecule has 0 aliphatic heterocycles. The molecule has 3 aromatic heterocycles. The molecule has 6 heteroatoms. The summed E-state index contributed by atoms with van der Waals surface area (Å²) in [5, 5.41) is 2.24. The van der Waals surface area contributed by atoms with Crippen LogP contribution in [-0.2, 0) is 42.7 Å². The fourth-order valence-electron chi connectivity index (χ4n) is 8.05. The van der Waals surface area contributed by atoms with Crippen LogP contribution in [0.4, 0.5) is 0 Å². The number of ether oxygens (including phenoxy) is 1. The molecule has 0 aliphatic rings. The molecule has 60 heavy (non-hydrogen) atoms. The van der Waals surface area contributed by atoms with Gasteiger partial charge in [0.05, 0.1) is 17.1 Å². The van der Waals surface area contributed by atoms with Crippen molar-refractivity contribution in [2.24, 2.45) is 0 Å². The SMILES string of the molecule is CC(C)(C)c1cc(-c2ccccc2)cc(-[n+]2[c-]n(-c3[c-]c(Oc4[c-]c5c(cc4)c4ccccc4n5-c4cc(C(C)(C)C)ccn4)ccc3)c(C(C)(C)C)c2C(C)(C)C)c1.[Pt]. The van der Waals surface area contributed by atoms with E-state index in [1.165, 1.54) is 33.6 Å². The minimum atomic E-state index is -0.233. The maximum absolute atomic E-state index is 6.67. The molecule has 0 unspecified atom stereocenters. The number of nitrogens with zero attached hydrogens (tertiary/aromatic N) is 4. The maximum atomic E-state index is 6.67. The molecule has 0 fully saturated rings. The molecule has 0 N–H and O–H groups in total. The van der Waals surface area contributed by atoms with Gasteiger partial charge in [-0.2, -0.15) is 18.2 Å². The first kappa shape index (κ1) is 42.9. The van der Waals surface area contributed by atoms with E-state index >= 15 is 0 Å². The van der Waals surface area contributed by atoms with Gasteiger partial charge in [0, 0.05) is 44.3 Å². The third-order valence-corrected chi connectivity index (χ3v) is 11.1. The number of rotatable bonds is 6. The predicted molar refractivity (Wildman–Crippen MR) is 243 cm³/mol. The van der Waals surface area contributed by atoms with Crippen molar-refractivity contribution in [3.05, 3.63) is 162 Å². The zero-order valence-electron chi connectivity index (χ0n) is 37.1. The molecule has 0 aliphatic carbocycles. The molecule has 0 atom stereocenters. The summed E-state index contributed by atoms with van der Waals surface area (Å²) in [6, 6.07) is 47.9. The van der Waals surface area contributed by atoms with Crippen molar-refractivity contribution in [2.45, 2.75) is 105 Å². The molecular weight excluding hydrogens is 916 g/mol. The van der Waals surface area contributed by atoms with Crippen molar-refractivity contribution in [1.29, 1.82) is 0 Å². The van der Waals surface area contributed by atoms with Crippen LogP contribution in [0.3, 0.4) is 0 Å². The first-order chi connectivity index (χ1) is 27.8. The summed E-state index contributed by atoms with van der Waals surface area (Å²) >= 11 is 0. The molecule has 0 spiro atoms. The Morgan fingerprint density at radius 2 is 1.25 bits per heavy atom. The first-order valence-corrected chi connectivity index (χ1v) is 20.7. The molecule has 0 saturated heterocycles. The Morgan fingerprint density at radius 3 is 1.93 bits per heavy atom. The molecule has 5 nitrogen and oxygen atoms in total. The number of hydrogen-bond acceptors (Lipinski definition) is 2. The number of imidazole rings is 1. The van der Waals surface area contributed by atoms with Gasteiger partial charge in [-0.05, 0) is 85.3 Å². The molecule has 3 heterocycles. The second kappa shape index (κ2) is 15.7. The number of para-hydroxylation sites is 1. The first-order valence-electron chi connectivity index (χ1n) is 20.7. The van der Waals surface area contributed by atoms with Gasteiger partial charge in [0.1, 0.15) is 5.82 Å². The zero-order valence-corrected chi connectivity index (χ0v) is 39.3. The number of benzene rings is 5. The second-order valence-corrected chi connectivity index (χ2v) is 19.9. The third-order valence-electron chi connectivity index (χ3n) is 11.1. The maximum Gasteiger partial charge on any atom is 0.267 e. The Labute approximate surface area is 371 Å². The standard InChI is InChI=1S/C54H56N4O.Pt/c1-51(2,3)38-27-28-55-48(32-38)58-46-24-17-16-23-44(46)45-26-25-43(34-47(45)58)59-42-22-18-21-40(33-42)56-35-57(50(54(10,11)12)49(56)53(7,8)9)41-30-37(36-19-14-13-15-20-36)29-39(31-41)52(4,5)6;/h13-32H,1-12H3;/q-2;. The quantitative estimate of drug-likeness (QED) is 0.123. The van der Waals surface area contributed by atoms with Gasteiger partial charge in [-0.25, -0.2) is 4.98 Å². The van der Waals surface area contributed by atoms with E-state index in [4.69, 9.17) is 9.72 Å². The van der Waals surface area contributed by atoms with Crippen molar-refractivity contribution in [3.63, 3.8) is 0 Å². The van der Waals surface area contributed by atoms with E-state index in [1.54, 1.807) is 0 Å². The van der Waals surface area contributed by atoms with Gasteiger partial charge >= 0.3 is 0 Å². The van der Waals surface area contributed by atoms with Gasteiger partial charge < -0.3 is 13.9 Å². The second-order valence-electron chi connectivity index (χ2n) is 19.9. The van der Waals surface area contributed by atoms with Crippen LogP contribution >= 0.6 is 0 Å². The van der Waals surface area contributed by atoms with Crippen LogP contribution in [0.1, 0.15) is 106 Å². The van der Waals surface area contributed by atoms with Gasteiger partial charge in [-0.3, -0.25) is 4.57 Å². The van der Waals surface area contributed by atoms with E-state index in [1.807, 2.05) is 24.4 Å². The topological polar surface area (TPSA) is 35.9 Å². The number of aromatic nitrogens is 4. The van der Waals surface area contributed by atoms with Crippen LogP contribution in [-0.4, -0.2) is 14.1 Å². The Hall–Kier alpha value is -5.25. The average Bonchev–Trinajstić information content (AvgIpc) is 3.76. The minimum Gasteiger partial charge on any atom is -0.510 e. The third kappa shape index (κ3) is 8.26. The molecule has 8 aromatic rings. The molecule has 5 aromatic carbocycles. The summed E-state index contributed by atoms with van der Waals surface area (Å²) in [5.41, 5.74) is 10.6. The van der Waals surface area contributed by atoms with E-state index in [2.05, 4.69) is 212 Å². The van der Waals surface area contributed by atoms with Crippen molar-refractivity contribution in [2.75, 3.05) is 0 Å². The van der Waals surface area contributed by atoms with Crippen LogP contribution in [0.5, 0.6) is 11.5 Å². The van der Waals surface area contributed by atoms with Gasteiger partial charge in [0.15, 0.2) is 0 Å². The van der Waals surface area contributed by atoms with E-state index < -0.39 is 0 Å². The van der Waals surface area contributed by atoms with Crippen LogP contribution < -0.4 is 9.30 Å². The minimum absolute atomic E-state index is 0. The van der Waals surface area contributed by atoms with Gasteiger partial charge in [0.2, 0.25) is 0 Å². The van der Waals surface area contributed by atoms with Crippen LogP contribution in [0.2, 0.25) is 0 Å². The van der Waals surface area contributed by atoms with Gasteiger partial charge in [-0.15, -0.1) is 29.7 Å². The fraction of sp³-hybridized carbons (Fsp3) is 0.296. The molecule has 310 valence electrons. The van der Waals surface area contributed by atoms with E-state index in [0.29, 0.717) is 11.5 Å². The van der Waals surface area contributed by atoms with Crippen molar-refractivity contribution >= 4 is 21.8 Å². The Bertz CT molecular complexity index is 2840. The van der Waals surface area contributed by atoms with Crippen molar-refractivity contribution in [1.82, 2.24) is 14.1 Å². The van der Waals surface area contributed by atoms with Crippen LogP contribution in [0.25, 0.3) is 50.1 Å². The summed E-state index contributed by atoms with van der Waals surface area (Å²) in [7, 11) is 0. The summed E-state index contributed by atoms with van der Waals surface area (Å²) < 4.78 is 13.3. The Morgan fingerprint density at radius 1 is 0.567 bits per heavy atom. The van der Waals surface area contributed by atoms with E-state index in [9.17, 15) is 0 Å². The normalized spacial score (nSPS) is 12.5. The summed E-state index contributed by atoms with van der Waals surface area (Å²) in [6.45, 7) is 27.2. The molecule has 8 rings (SSSR count). The molecule has 0 amide bonds. The molecule has 0 saturated carbocycles. The number of fused-ring (bicyclic) bond motifs is 3. The summed E-state index contributed by atoms with van der Waals surface area (Å²) in [6.07, 6.45) is 5.76. The van der Waals surface area contributed by atoms with Crippen LogP contribution in [0, 0.1) is 18.5 Å². The summed E-state index contributed by atoms with van der Waals surface area (Å²) in [5.74, 6) is 2.06. The molecule has 0 bridgehead atoms. The zero-order chi connectivity index (χ0) is 42.1. The molecular formula is C54H56N4OPt-2. The molecule has 0 radical (unpaired) electrons. The Kier molecular flexibility index (Phi) is 11.2. The smallest absolute Gasteiger partial charge is 0.267 e. The average molecular weight is 972 g/mol. The van der Waals surface area contributed by atoms with E-state index in [-0.39, 0.29) is 42.7 Å². The van der Waals surface area contributed by atoms with E-state index in [0.717, 1.165) is 39.0 Å². The largest absolute Gasteiger partial charge is 0.510 e. The van der Waals surface area contributed by atoms with Crippen molar-refractivity contribution in [3.8, 4) is 39.8 Å². The van der Waals surface area contributed by atoms with Crippen LogP contribution in [0.15, 0.2) is 121 Å². The predicted octanol–water partition coefficient (Wildman–Crippen LogP) is 13.3. The Balaban J connectivity index is 0.00000544. The number of pyridine rings is 1. The fourth-order valence-corrected chi connectivity index (χ4v) is 8.05. The van der Waals surface area contributed by atoms with Gasteiger partial charge in [0.25, 0.3) is 6.33 Å². The monoisotopic (exact) mass is 971 g/mol. The van der Waals surface area contributed by atoms with Gasteiger partial charge in [-0.1, -0.05) is 143 Å².